The summed E-state index contributed by atoms with van der Waals surface area (Å²) in [6, 6.07) is 12.9. The molecular weight excluding hydrogens is 567 g/mol. The van der Waals surface area contributed by atoms with E-state index in [1.54, 1.807) is 31.3 Å². The number of nitrogens with one attached hydrogen (secondary N) is 3. The number of anilines is 5. The van der Waals surface area contributed by atoms with Crippen LogP contribution < -0.4 is 20.9 Å². The van der Waals surface area contributed by atoms with E-state index in [4.69, 9.17) is 0 Å². The molecule has 9 nitrogen and oxygen atoms in total. The smallest absolute Gasteiger partial charge is 0.369 e. The zero-order chi connectivity index (χ0) is 29.9. The molecule has 1 saturated heterocycles. The molecule has 2 aromatic heterocycles. The molecule has 3 N–H and O–H groups in total. The van der Waals surface area contributed by atoms with Gasteiger partial charge >= 0.3 is 6.18 Å². The fourth-order valence-corrected chi connectivity index (χ4v) is 5.07. The number of halogens is 3. The predicted octanol–water partition coefficient (Wildman–Crippen LogP) is 5.87. The molecule has 0 spiro atoms. The molecule has 218 valence electrons. The molecule has 1 fully saturated rings. The molecule has 0 aliphatic carbocycles. The van der Waals surface area contributed by atoms with Gasteiger partial charge in [-0.3, -0.25) is 9.59 Å². The van der Waals surface area contributed by atoms with E-state index in [9.17, 15) is 22.8 Å². The summed E-state index contributed by atoms with van der Waals surface area (Å²) < 4.78 is 39.1. The first kappa shape index (κ1) is 29.0. The third-order valence-electron chi connectivity index (χ3n) is 6.77. The van der Waals surface area contributed by atoms with Crippen LogP contribution in [0.1, 0.15) is 31.2 Å². The number of amides is 2. The van der Waals surface area contributed by atoms with E-state index < -0.39 is 23.6 Å². The molecule has 1 aliphatic rings. The van der Waals surface area contributed by atoms with Gasteiger partial charge in [-0.15, -0.1) is 0 Å². The molecule has 2 amide bonds. The van der Waals surface area contributed by atoms with Crippen LogP contribution in [0.25, 0.3) is 0 Å². The Labute approximate surface area is 244 Å². The van der Waals surface area contributed by atoms with Crippen molar-refractivity contribution in [3.05, 3.63) is 88.6 Å². The number of thiazole rings is 1. The van der Waals surface area contributed by atoms with Crippen LogP contribution in [0.15, 0.2) is 67.0 Å². The molecule has 0 unspecified atom stereocenters. The molecule has 0 atom stereocenters. The van der Waals surface area contributed by atoms with Crippen LogP contribution in [0.5, 0.6) is 0 Å². The Balaban J connectivity index is 1.23. The van der Waals surface area contributed by atoms with E-state index in [0.29, 0.717) is 27.2 Å². The Hall–Kier alpha value is -4.49. The number of piperazine rings is 1. The van der Waals surface area contributed by atoms with Crippen molar-refractivity contribution in [3.63, 3.8) is 0 Å². The van der Waals surface area contributed by atoms with Crippen LogP contribution >= 0.6 is 11.3 Å². The lowest BCUT2D eigenvalue weighted by atomic mass is 10.1. The fourth-order valence-electron chi connectivity index (χ4n) is 4.35. The van der Waals surface area contributed by atoms with Crippen molar-refractivity contribution < 1.29 is 22.8 Å². The highest BCUT2D eigenvalue weighted by atomic mass is 32.1. The number of likely N-dealkylation sites (N-methyl/N-ethyl adjacent to an activating group) is 1. The molecule has 13 heteroatoms. The lowest BCUT2D eigenvalue weighted by molar-refractivity contribution is -0.137. The summed E-state index contributed by atoms with van der Waals surface area (Å²) in [5.41, 5.74) is 1.49. The van der Waals surface area contributed by atoms with Gasteiger partial charge in [0, 0.05) is 61.1 Å². The SMILES string of the molecule is Cc1ccc(NC(=O)c2cccc(C(F)(F)F)c2)cc1NC(=O)c1cnc(Nc2cc(N3CCN(C)CC3)ccn2)s1. The zero-order valence-corrected chi connectivity index (χ0v) is 23.6. The summed E-state index contributed by atoms with van der Waals surface area (Å²) in [7, 11) is 2.10. The van der Waals surface area contributed by atoms with Gasteiger partial charge in [0.25, 0.3) is 11.8 Å². The van der Waals surface area contributed by atoms with Crippen molar-refractivity contribution in [3.8, 4) is 0 Å². The number of hydrogen-bond acceptors (Lipinski definition) is 8. The topological polar surface area (TPSA) is 102 Å². The van der Waals surface area contributed by atoms with Crippen LogP contribution in [0.2, 0.25) is 0 Å². The standard InChI is InChI=1S/C29H28F3N7O2S/c1-18-6-7-21(35-26(40)19-4-3-5-20(14-19)29(30,31)32)15-23(18)36-27(41)24-17-34-28(42-24)37-25-16-22(8-9-33-25)39-12-10-38(2)11-13-39/h3-9,14-17H,10-13H2,1-2H3,(H,35,40)(H,36,41)(H,33,34,37). The maximum Gasteiger partial charge on any atom is 0.416 e. The predicted molar refractivity (Wildman–Crippen MR) is 158 cm³/mol. The van der Waals surface area contributed by atoms with Crippen molar-refractivity contribution in [2.24, 2.45) is 0 Å². The van der Waals surface area contributed by atoms with Gasteiger partial charge in [0.2, 0.25) is 0 Å². The Morgan fingerprint density at radius 1 is 0.929 bits per heavy atom. The van der Waals surface area contributed by atoms with Crippen molar-refractivity contribution in [2.45, 2.75) is 13.1 Å². The molecule has 0 radical (unpaired) electrons. The van der Waals surface area contributed by atoms with Crippen LogP contribution in [-0.2, 0) is 6.18 Å². The normalized spacial score (nSPS) is 14.0. The molecule has 1 aliphatic heterocycles. The van der Waals surface area contributed by atoms with Crippen LogP contribution in [0.3, 0.4) is 0 Å². The summed E-state index contributed by atoms with van der Waals surface area (Å²) in [6.07, 6.45) is -1.37. The van der Waals surface area contributed by atoms with E-state index in [1.165, 1.54) is 18.3 Å². The second-order valence-electron chi connectivity index (χ2n) is 9.86. The van der Waals surface area contributed by atoms with Crippen molar-refractivity contribution >= 4 is 51.2 Å². The number of alkyl halides is 3. The summed E-state index contributed by atoms with van der Waals surface area (Å²) in [5, 5.41) is 9.07. The highest BCUT2D eigenvalue weighted by molar-refractivity contribution is 7.17. The lowest BCUT2D eigenvalue weighted by Gasteiger charge is -2.34. The number of rotatable bonds is 7. The summed E-state index contributed by atoms with van der Waals surface area (Å²) in [4.78, 5) is 39.3. The summed E-state index contributed by atoms with van der Waals surface area (Å²) >= 11 is 1.16. The van der Waals surface area contributed by atoms with E-state index >= 15 is 0 Å². The molecule has 0 bridgehead atoms. The average Bonchev–Trinajstić information content (AvgIpc) is 3.43. The van der Waals surface area contributed by atoms with Gasteiger partial charge in [-0.25, -0.2) is 9.97 Å². The van der Waals surface area contributed by atoms with Crippen molar-refractivity contribution in [1.29, 1.82) is 0 Å². The van der Waals surface area contributed by atoms with Gasteiger partial charge in [0.1, 0.15) is 10.7 Å². The Morgan fingerprint density at radius 3 is 2.48 bits per heavy atom. The largest absolute Gasteiger partial charge is 0.416 e. The van der Waals surface area contributed by atoms with Gasteiger partial charge < -0.3 is 25.8 Å². The number of hydrogen-bond donors (Lipinski definition) is 3. The van der Waals surface area contributed by atoms with Crippen LogP contribution in [-0.4, -0.2) is 59.9 Å². The van der Waals surface area contributed by atoms with Gasteiger partial charge in [0.05, 0.1) is 11.8 Å². The first-order valence-corrected chi connectivity index (χ1v) is 13.9. The maximum absolute atomic E-state index is 13.0. The fraction of sp³-hybridized carbons (Fsp3) is 0.241. The second-order valence-corrected chi connectivity index (χ2v) is 10.9. The van der Waals surface area contributed by atoms with Gasteiger partial charge in [-0.1, -0.05) is 23.5 Å². The number of pyridine rings is 1. The number of benzene rings is 2. The third kappa shape index (κ3) is 7.04. The minimum absolute atomic E-state index is 0.135. The molecule has 4 aromatic rings. The number of nitrogens with zero attached hydrogens (tertiary/aromatic N) is 4. The monoisotopic (exact) mass is 595 g/mol. The van der Waals surface area contributed by atoms with Crippen molar-refractivity contribution in [2.75, 3.05) is 54.1 Å². The molecule has 3 heterocycles. The quantitative estimate of drug-likeness (QED) is 0.246. The van der Waals surface area contributed by atoms with Gasteiger partial charge in [-0.2, -0.15) is 13.2 Å². The van der Waals surface area contributed by atoms with E-state index in [2.05, 4.69) is 42.8 Å². The van der Waals surface area contributed by atoms with Crippen LogP contribution in [0, 0.1) is 6.92 Å². The molecule has 42 heavy (non-hydrogen) atoms. The van der Waals surface area contributed by atoms with Gasteiger partial charge in [-0.05, 0) is 55.9 Å². The highest BCUT2D eigenvalue weighted by Gasteiger charge is 2.31. The minimum atomic E-state index is -4.56. The number of carbonyl (C=O) groups is 2. The lowest BCUT2D eigenvalue weighted by Crippen LogP contribution is -2.44. The Morgan fingerprint density at radius 2 is 1.71 bits per heavy atom. The number of carbonyl (C=O) groups excluding carboxylic acids is 2. The van der Waals surface area contributed by atoms with E-state index in [0.717, 1.165) is 60.9 Å². The minimum Gasteiger partial charge on any atom is -0.369 e. The van der Waals surface area contributed by atoms with Crippen LogP contribution in [0.4, 0.5) is 41.2 Å². The highest BCUT2D eigenvalue weighted by Crippen LogP contribution is 2.30. The van der Waals surface area contributed by atoms with E-state index in [1.807, 2.05) is 12.1 Å². The third-order valence-corrected chi connectivity index (χ3v) is 7.68. The first-order valence-electron chi connectivity index (χ1n) is 13.1. The second kappa shape index (κ2) is 12.2. The zero-order valence-electron chi connectivity index (χ0n) is 22.8. The molecular formula is C29H28F3N7O2S. The van der Waals surface area contributed by atoms with Crippen molar-refractivity contribution in [1.82, 2.24) is 14.9 Å². The summed E-state index contributed by atoms with van der Waals surface area (Å²) in [6.45, 7) is 5.61. The van der Waals surface area contributed by atoms with Gasteiger partial charge in [0.15, 0.2) is 5.13 Å². The maximum atomic E-state index is 13.0. The average molecular weight is 596 g/mol. The summed E-state index contributed by atoms with van der Waals surface area (Å²) in [5.74, 6) is -0.484. The number of aryl methyl sites for hydroxylation is 1. The number of aromatic nitrogens is 2. The Kier molecular flexibility index (Phi) is 8.41. The Bertz CT molecular complexity index is 1600. The molecule has 2 aromatic carbocycles. The van der Waals surface area contributed by atoms with E-state index in [-0.39, 0.29) is 5.56 Å². The molecule has 5 rings (SSSR count). The molecule has 0 saturated carbocycles. The first-order chi connectivity index (χ1) is 20.0.